The molecule has 1 aromatic heterocycles. The highest BCUT2D eigenvalue weighted by Gasteiger charge is 2.14. The van der Waals surface area contributed by atoms with Gasteiger partial charge in [-0.25, -0.2) is 4.98 Å². The number of aryl methyl sites for hydroxylation is 1. The molecule has 0 radical (unpaired) electrons. The molecule has 1 aromatic carbocycles. The molecule has 0 unspecified atom stereocenters. The van der Waals surface area contributed by atoms with Gasteiger partial charge in [0.25, 0.3) is 5.91 Å². The molecule has 96 valence electrons. The third-order valence-corrected chi connectivity index (χ3v) is 2.42. The Morgan fingerprint density at radius 3 is 2.21 bits per heavy atom. The van der Waals surface area contributed by atoms with Gasteiger partial charge in [0.2, 0.25) is 0 Å². The number of nitrogens with zero attached hydrogens (tertiary/aromatic N) is 2. The Morgan fingerprint density at radius 1 is 1.05 bits per heavy atom. The standard InChI is InChI=1S/C13H11N3O3/c1-8-2-4-9(5-3-8)16-12(17)10-11(13(18)19)15-7-6-14-10/h2-7H,1H3,(H,16,17)(H,18,19)/p-1. The van der Waals surface area contributed by atoms with Crippen molar-refractivity contribution in [2.24, 2.45) is 0 Å². The summed E-state index contributed by atoms with van der Waals surface area (Å²) in [6.45, 7) is 1.92. The molecule has 0 fully saturated rings. The first kappa shape index (κ1) is 12.7. The molecule has 1 N–H and O–H groups in total. The molecule has 19 heavy (non-hydrogen) atoms. The van der Waals surface area contributed by atoms with E-state index in [9.17, 15) is 14.7 Å². The van der Waals surface area contributed by atoms with E-state index in [2.05, 4.69) is 15.3 Å². The van der Waals surface area contributed by atoms with E-state index < -0.39 is 17.6 Å². The lowest BCUT2D eigenvalue weighted by Crippen LogP contribution is -2.28. The normalized spacial score (nSPS) is 9.95. The fourth-order valence-electron chi connectivity index (χ4n) is 1.48. The quantitative estimate of drug-likeness (QED) is 0.857. The van der Waals surface area contributed by atoms with Gasteiger partial charge in [-0.1, -0.05) is 17.7 Å². The number of hydrogen-bond acceptors (Lipinski definition) is 5. The first-order chi connectivity index (χ1) is 9.08. The SMILES string of the molecule is Cc1ccc(NC(=O)c2nccnc2C(=O)[O-])cc1. The fourth-order valence-corrected chi connectivity index (χ4v) is 1.48. The predicted octanol–water partition coefficient (Wildman–Crippen LogP) is 0.401. The zero-order valence-electron chi connectivity index (χ0n) is 10.1. The minimum Gasteiger partial charge on any atom is -0.543 e. The molecule has 0 atom stereocenters. The van der Waals surface area contributed by atoms with Crippen molar-refractivity contribution in [1.29, 1.82) is 0 Å². The number of benzene rings is 1. The Balaban J connectivity index is 2.25. The van der Waals surface area contributed by atoms with Crippen molar-refractivity contribution in [3.8, 4) is 0 Å². The van der Waals surface area contributed by atoms with Crippen molar-refractivity contribution >= 4 is 17.6 Å². The van der Waals surface area contributed by atoms with Crippen LogP contribution in [0.2, 0.25) is 0 Å². The number of aromatic nitrogens is 2. The molecule has 0 spiro atoms. The van der Waals surface area contributed by atoms with E-state index in [1.54, 1.807) is 12.1 Å². The lowest BCUT2D eigenvalue weighted by atomic mass is 10.2. The lowest BCUT2D eigenvalue weighted by molar-refractivity contribution is -0.255. The number of anilines is 1. The van der Waals surface area contributed by atoms with Crippen LogP contribution in [0.1, 0.15) is 26.5 Å². The first-order valence-electron chi connectivity index (χ1n) is 5.48. The van der Waals surface area contributed by atoms with E-state index in [0.29, 0.717) is 5.69 Å². The molecule has 0 saturated heterocycles. The molecular weight excluding hydrogens is 246 g/mol. The Hall–Kier alpha value is -2.76. The highest BCUT2D eigenvalue weighted by Crippen LogP contribution is 2.11. The molecule has 0 aliphatic rings. The van der Waals surface area contributed by atoms with E-state index in [0.717, 1.165) is 5.56 Å². The van der Waals surface area contributed by atoms with Crippen molar-refractivity contribution in [2.45, 2.75) is 6.92 Å². The fraction of sp³-hybridized carbons (Fsp3) is 0.0769. The molecule has 1 amide bonds. The average Bonchev–Trinajstić information content (AvgIpc) is 2.41. The summed E-state index contributed by atoms with van der Waals surface area (Å²) in [5, 5.41) is 13.4. The average molecular weight is 256 g/mol. The van der Waals surface area contributed by atoms with E-state index in [1.807, 2.05) is 19.1 Å². The Labute approximate surface area is 109 Å². The van der Waals surface area contributed by atoms with Crippen molar-refractivity contribution in [1.82, 2.24) is 9.97 Å². The zero-order chi connectivity index (χ0) is 13.8. The maximum atomic E-state index is 11.9. The molecule has 0 aliphatic carbocycles. The summed E-state index contributed by atoms with van der Waals surface area (Å²) < 4.78 is 0. The monoisotopic (exact) mass is 256 g/mol. The molecule has 2 aromatic rings. The van der Waals surface area contributed by atoms with Crippen LogP contribution in [0, 0.1) is 6.92 Å². The van der Waals surface area contributed by atoms with E-state index in [1.165, 1.54) is 12.4 Å². The molecule has 0 aliphatic heterocycles. The van der Waals surface area contributed by atoms with Crippen LogP contribution in [0.3, 0.4) is 0 Å². The highest BCUT2D eigenvalue weighted by molar-refractivity contribution is 6.08. The van der Waals surface area contributed by atoms with Crippen LogP contribution in [-0.4, -0.2) is 21.8 Å². The maximum absolute atomic E-state index is 11.9. The number of hydrogen-bond donors (Lipinski definition) is 1. The molecule has 6 heteroatoms. The van der Waals surface area contributed by atoms with Gasteiger partial charge < -0.3 is 15.2 Å². The van der Waals surface area contributed by atoms with Crippen molar-refractivity contribution in [2.75, 3.05) is 5.32 Å². The summed E-state index contributed by atoms with van der Waals surface area (Å²) in [6.07, 6.45) is 2.43. The summed E-state index contributed by atoms with van der Waals surface area (Å²) >= 11 is 0. The second-order valence-electron chi connectivity index (χ2n) is 3.86. The topological polar surface area (TPSA) is 95.0 Å². The van der Waals surface area contributed by atoms with Crippen LogP contribution >= 0.6 is 0 Å². The molecule has 2 rings (SSSR count). The summed E-state index contributed by atoms with van der Waals surface area (Å²) in [5.74, 6) is -2.18. The Bertz CT molecular complexity index is 623. The second-order valence-corrected chi connectivity index (χ2v) is 3.86. The third kappa shape index (κ3) is 2.92. The number of carbonyl (C=O) groups is 2. The second kappa shape index (κ2) is 5.26. The molecular formula is C13H10N3O3-. The summed E-state index contributed by atoms with van der Waals surface area (Å²) in [7, 11) is 0. The van der Waals surface area contributed by atoms with Crippen molar-refractivity contribution in [3.63, 3.8) is 0 Å². The number of rotatable bonds is 3. The van der Waals surface area contributed by atoms with Crippen LogP contribution in [-0.2, 0) is 0 Å². The highest BCUT2D eigenvalue weighted by atomic mass is 16.4. The Morgan fingerprint density at radius 2 is 1.63 bits per heavy atom. The molecule has 6 nitrogen and oxygen atoms in total. The van der Waals surface area contributed by atoms with Gasteiger partial charge >= 0.3 is 0 Å². The Kier molecular flexibility index (Phi) is 3.51. The smallest absolute Gasteiger partial charge is 0.276 e. The van der Waals surface area contributed by atoms with Gasteiger partial charge in [-0.15, -0.1) is 0 Å². The van der Waals surface area contributed by atoms with Crippen LogP contribution in [0.25, 0.3) is 0 Å². The summed E-state index contributed by atoms with van der Waals surface area (Å²) in [5.41, 5.74) is 0.841. The number of carboxylic acids is 1. The summed E-state index contributed by atoms with van der Waals surface area (Å²) in [4.78, 5) is 30.0. The van der Waals surface area contributed by atoms with Gasteiger partial charge in [-0.05, 0) is 19.1 Å². The van der Waals surface area contributed by atoms with E-state index in [-0.39, 0.29) is 5.69 Å². The minimum absolute atomic E-state index is 0.275. The number of carboxylic acid groups (broad SMARTS) is 1. The molecule has 1 heterocycles. The number of nitrogens with one attached hydrogen (secondary N) is 1. The number of carbonyl (C=O) groups excluding carboxylic acids is 2. The van der Waals surface area contributed by atoms with Gasteiger partial charge in [-0.3, -0.25) is 9.78 Å². The lowest BCUT2D eigenvalue weighted by Gasteiger charge is -2.08. The third-order valence-electron chi connectivity index (χ3n) is 2.42. The minimum atomic E-state index is -1.54. The van der Waals surface area contributed by atoms with Gasteiger partial charge in [-0.2, -0.15) is 0 Å². The summed E-state index contributed by atoms with van der Waals surface area (Å²) in [6, 6.07) is 7.07. The maximum Gasteiger partial charge on any atom is 0.276 e. The first-order valence-corrected chi connectivity index (χ1v) is 5.48. The van der Waals surface area contributed by atoms with Crippen LogP contribution in [0.5, 0.6) is 0 Å². The molecule has 0 bridgehead atoms. The zero-order valence-corrected chi connectivity index (χ0v) is 10.1. The van der Waals surface area contributed by atoms with Crippen molar-refractivity contribution in [3.05, 3.63) is 53.6 Å². The van der Waals surface area contributed by atoms with Gasteiger partial charge in [0.1, 0.15) is 5.69 Å². The van der Waals surface area contributed by atoms with Crippen LogP contribution in [0.15, 0.2) is 36.7 Å². The van der Waals surface area contributed by atoms with Crippen LogP contribution < -0.4 is 10.4 Å². The van der Waals surface area contributed by atoms with Gasteiger partial charge in [0.05, 0.1) is 5.97 Å². The largest absolute Gasteiger partial charge is 0.543 e. The van der Waals surface area contributed by atoms with E-state index >= 15 is 0 Å². The van der Waals surface area contributed by atoms with Gasteiger partial charge in [0, 0.05) is 18.1 Å². The number of aromatic carboxylic acids is 1. The van der Waals surface area contributed by atoms with Gasteiger partial charge in [0.15, 0.2) is 5.69 Å². The van der Waals surface area contributed by atoms with Crippen molar-refractivity contribution < 1.29 is 14.7 Å². The predicted molar refractivity (Wildman–Crippen MR) is 65.5 cm³/mol. The van der Waals surface area contributed by atoms with E-state index in [4.69, 9.17) is 0 Å². The molecule has 0 saturated carbocycles. The van der Waals surface area contributed by atoms with Crippen LogP contribution in [0.4, 0.5) is 5.69 Å². The number of amides is 1.